The molecule has 2 aromatic carbocycles. The molecular formula is C21H12Cl2O5. The number of carbonyl (C=O) groups excluding carboxylic acids is 1. The van der Waals surface area contributed by atoms with Crippen LogP contribution in [0, 0.1) is 0 Å². The number of carbonyl (C=O) groups is 1. The summed E-state index contributed by atoms with van der Waals surface area (Å²) in [4.78, 5) is 24.2. The zero-order valence-corrected chi connectivity index (χ0v) is 16.0. The van der Waals surface area contributed by atoms with E-state index in [1.807, 2.05) is 0 Å². The summed E-state index contributed by atoms with van der Waals surface area (Å²) in [6.07, 6.45) is 0. The van der Waals surface area contributed by atoms with Gasteiger partial charge in [-0.15, -0.1) is 0 Å². The SMILES string of the molecule is COC(=O)c1cc(Cl)c(Cl)cc1-c1c2ccc(=O)cc-2oc2cc(O)ccc12. The van der Waals surface area contributed by atoms with E-state index in [0.717, 1.165) is 0 Å². The number of ether oxygens (including phenoxy) is 1. The minimum atomic E-state index is -0.588. The quantitative estimate of drug-likeness (QED) is 0.352. The Morgan fingerprint density at radius 1 is 1.00 bits per heavy atom. The molecule has 2 aliphatic rings. The molecule has 1 heterocycles. The van der Waals surface area contributed by atoms with Gasteiger partial charge < -0.3 is 14.3 Å². The van der Waals surface area contributed by atoms with Crippen LogP contribution in [0.25, 0.3) is 33.4 Å². The lowest BCUT2D eigenvalue weighted by Gasteiger charge is -2.17. The maximum atomic E-state index is 12.4. The highest BCUT2D eigenvalue weighted by atomic mass is 35.5. The number of benzene rings is 3. The third-order valence-electron chi connectivity index (χ3n) is 4.41. The maximum Gasteiger partial charge on any atom is 0.338 e. The maximum absolute atomic E-state index is 12.4. The fourth-order valence-corrected chi connectivity index (χ4v) is 3.51. The van der Waals surface area contributed by atoms with Crippen LogP contribution in [0.4, 0.5) is 0 Å². The molecule has 0 amide bonds. The van der Waals surface area contributed by atoms with Crippen molar-refractivity contribution in [2.45, 2.75) is 0 Å². The molecule has 4 rings (SSSR count). The van der Waals surface area contributed by atoms with E-state index in [1.165, 1.54) is 37.4 Å². The molecule has 0 spiro atoms. The number of phenols is 1. The van der Waals surface area contributed by atoms with Crippen molar-refractivity contribution in [3.05, 3.63) is 74.4 Å². The summed E-state index contributed by atoms with van der Waals surface area (Å²) in [5.74, 6) is -0.278. The van der Waals surface area contributed by atoms with Crippen molar-refractivity contribution in [3.63, 3.8) is 0 Å². The van der Waals surface area contributed by atoms with Crippen LogP contribution >= 0.6 is 23.2 Å². The highest BCUT2D eigenvalue weighted by Crippen LogP contribution is 2.43. The summed E-state index contributed by atoms with van der Waals surface area (Å²) >= 11 is 12.4. The molecule has 0 bridgehead atoms. The smallest absolute Gasteiger partial charge is 0.338 e. The van der Waals surface area contributed by atoms with Crippen LogP contribution in [-0.2, 0) is 4.74 Å². The van der Waals surface area contributed by atoms with Crippen LogP contribution in [0.5, 0.6) is 5.75 Å². The van der Waals surface area contributed by atoms with Crippen molar-refractivity contribution in [2.24, 2.45) is 0 Å². The normalized spacial score (nSPS) is 11.1. The number of fused-ring (bicyclic) bond motifs is 2. The lowest BCUT2D eigenvalue weighted by Crippen LogP contribution is -2.06. The first-order valence-electron chi connectivity index (χ1n) is 8.16. The number of esters is 1. The molecule has 0 aromatic heterocycles. The van der Waals surface area contributed by atoms with Gasteiger partial charge >= 0.3 is 5.97 Å². The largest absolute Gasteiger partial charge is 0.508 e. The number of phenolic OH excluding ortho intramolecular Hbond substituents is 1. The summed E-state index contributed by atoms with van der Waals surface area (Å²) < 4.78 is 10.7. The van der Waals surface area contributed by atoms with Crippen LogP contribution < -0.4 is 5.43 Å². The zero-order chi connectivity index (χ0) is 20.0. The van der Waals surface area contributed by atoms with E-state index in [9.17, 15) is 14.7 Å². The van der Waals surface area contributed by atoms with Gasteiger partial charge in [-0.2, -0.15) is 0 Å². The molecule has 0 saturated heterocycles. The van der Waals surface area contributed by atoms with E-state index >= 15 is 0 Å². The van der Waals surface area contributed by atoms with E-state index in [0.29, 0.717) is 33.4 Å². The molecule has 1 N–H and O–H groups in total. The van der Waals surface area contributed by atoms with Gasteiger partial charge in [0.15, 0.2) is 5.43 Å². The Morgan fingerprint density at radius 2 is 1.75 bits per heavy atom. The van der Waals surface area contributed by atoms with Crippen molar-refractivity contribution >= 4 is 40.1 Å². The molecular weight excluding hydrogens is 403 g/mol. The zero-order valence-electron chi connectivity index (χ0n) is 14.5. The monoisotopic (exact) mass is 414 g/mol. The van der Waals surface area contributed by atoms with Gasteiger partial charge in [-0.05, 0) is 42.0 Å². The molecule has 5 nitrogen and oxygen atoms in total. The Bertz CT molecular complexity index is 1280. The summed E-state index contributed by atoms with van der Waals surface area (Å²) in [5.41, 5.74) is 2.00. The molecule has 0 radical (unpaired) electrons. The molecule has 28 heavy (non-hydrogen) atoms. The molecule has 0 saturated carbocycles. The van der Waals surface area contributed by atoms with E-state index < -0.39 is 5.97 Å². The second-order valence-electron chi connectivity index (χ2n) is 6.12. The van der Waals surface area contributed by atoms with Crippen LogP contribution in [0.15, 0.2) is 57.7 Å². The van der Waals surface area contributed by atoms with Crippen molar-refractivity contribution in [1.82, 2.24) is 0 Å². The minimum absolute atomic E-state index is 0.00200. The first-order valence-corrected chi connectivity index (χ1v) is 8.92. The van der Waals surface area contributed by atoms with Crippen LogP contribution in [0.3, 0.4) is 0 Å². The first-order chi connectivity index (χ1) is 13.4. The highest BCUT2D eigenvalue weighted by Gasteiger charge is 2.23. The number of rotatable bonds is 2. The average Bonchev–Trinajstić information content (AvgIpc) is 2.67. The van der Waals surface area contributed by atoms with Crippen LogP contribution in [0.1, 0.15) is 10.4 Å². The van der Waals surface area contributed by atoms with Gasteiger partial charge in [-0.25, -0.2) is 4.79 Å². The summed E-state index contributed by atoms with van der Waals surface area (Å²) in [6, 6.07) is 12.0. The third kappa shape index (κ3) is 2.99. The van der Waals surface area contributed by atoms with Gasteiger partial charge in [0.1, 0.15) is 17.1 Å². The van der Waals surface area contributed by atoms with Gasteiger partial charge in [0.05, 0.1) is 22.7 Å². The average molecular weight is 415 g/mol. The molecule has 140 valence electrons. The molecule has 2 aromatic rings. The summed E-state index contributed by atoms with van der Waals surface area (Å²) in [5, 5.41) is 10.9. The lowest BCUT2D eigenvalue weighted by atomic mass is 9.90. The fourth-order valence-electron chi connectivity index (χ4n) is 3.18. The Balaban J connectivity index is 2.21. The minimum Gasteiger partial charge on any atom is -0.508 e. The third-order valence-corrected chi connectivity index (χ3v) is 5.13. The molecule has 0 unspecified atom stereocenters. The van der Waals surface area contributed by atoms with Crippen molar-refractivity contribution < 1.29 is 19.1 Å². The Hall–Kier alpha value is -3.02. The molecule has 1 aliphatic heterocycles. The van der Waals surface area contributed by atoms with Crippen LogP contribution in [0.2, 0.25) is 10.0 Å². The fraction of sp³-hybridized carbons (Fsp3) is 0.0476. The number of hydrogen-bond donors (Lipinski definition) is 1. The van der Waals surface area contributed by atoms with Crippen molar-refractivity contribution in [3.8, 4) is 28.2 Å². The number of halogens is 2. The lowest BCUT2D eigenvalue weighted by molar-refractivity contribution is 0.0601. The summed E-state index contributed by atoms with van der Waals surface area (Å²) in [7, 11) is 1.27. The molecule has 0 atom stereocenters. The summed E-state index contributed by atoms with van der Waals surface area (Å²) in [6.45, 7) is 0. The first kappa shape index (κ1) is 18.3. The second-order valence-corrected chi connectivity index (χ2v) is 6.93. The highest BCUT2D eigenvalue weighted by molar-refractivity contribution is 6.42. The Kier molecular flexibility index (Phi) is 4.49. The molecule has 0 fully saturated rings. The van der Waals surface area contributed by atoms with Gasteiger partial charge in [0.2, 0.25) is 0 Å². The van der Waals surface area contributed by atoms with E-state index in [1.54, 1.807) is 18.2 Å². The van der Waals surface area contributed by atoms with Gasteiger partial charge in [0, 0.05) is 28.6 Å². The van der Waals surface area contributed by atoms with Crippen molar-refractivity contribution in [1.29, 1.82) is 0 Å². The Morgan fingerprint density at radius 3 is 2.50 bits per heavy atom. The van der Waals surface area contributed by atoms with E-state index in [2.05, 4.69) is 0 Å². The van der Waals surface area contributed by atoms with E-state index in [4.69, 9.17) is 32.4 Å². The predicted octanol–water partition coefficient (Wildman–Crippen LogP) is 5.36. The Labute approximate surface area is 169 Å². The number of methoxy groups -OCH3 is 1. The van der Waals surface area contributed by atoms with Crippen molar-refractivity contribution in [2.75, 3.05) is 7.11 Å². The van der Waals surface area contributed by atoms with Gasteiger partial charge in [0.25, 0.3) is 0 Å². The number of aromatic hydroxyl groups is 1. The second kappa shape index (κ2) is 6.86. The number of hydrogen-bond acceptors (Lipinski definition) is 5. The van der Waals surface area contributed by atoms with E-state index in [-0.39, 0.29) is 26.8 Å². The molecule has 1 aliphatic carbocycles. The topological polar surface area (TPSA) is 76.7 Å². The van der Waals surface area contributed by atoms with Gasteiger partial charge in [-0.3, -0.25) is 4.79 Å². The standard InChI is InChI=1S/C21H12Cl2O5/c1-27-21(26)15-9-17(23)16(22)8-14(15)20-12-4-2-10(24)6-18(12)28-19-7-11(25)3-5-13(19)20/h2-9,24H,1H3. The van der Waals surface area contributed by atoms with Crippen LogP contribution in [-0.4, -0.2) is 18.2 Å². The molecule has 7 heteroatoms. The predicted molar refractivity (Wildman–Crippen MR) is 108 cm³/mol. The van der Waals surface area contributed by atoms with Gasteiger partial charge in [-0.1, -0.05) is 23.2 Å².